The van der Waals surface area contributed by atoms with Crippen molar-refractivity contribution in [3.63, 3.8) is 0 Å². The summed E-state index contributed by atoms with van der Waals surface area (Å²) in [5.41, 5.74) is 0.213. The molecule has 0 saturated heterocycles. The summed E-state index contributed by atoms with van der Waals surface area (Å²) in [5, 5.41) is 8.76. The fourth-order valence-corrected chi connectivity index (χ4v) is 1.33. The number of carbonyl (C=O) groups is 1. The van der Waals surface area contributed by atoms with Gasteiger partial charge < -0.3 is 14.6 Å². The van der Waals surface area contributed by atoms with E-state index in [0.717, 1.165) is 0 Å². The van der Waals surface area contributed by atoms with Gasteiger partial charge >= 0.3 is 5.97 Å². The molecule has 0 unspecified atom stereocenters. The van der Waals surface area contributed by atoms with Crippen LogP contribution in [0.2, 0.25) is 0 Å². The predicted octanol–water partition coefficient (Wildman–Crippen LogP) is 2.58. The molecule has 2 aromatic rings. The van der Waals surface area contributed by atoms with E-state index in [9.17, 15) is 4.79 Å². The fraction of sp³-hybridized carbons (Fsp3) is 0.0769. The van der Waals surface area contributed by atoms with Crippen molar-refractivity contribution in [1.82, 2.24) is 4.98 Å². The summed E-state index contributed by atoms with van der Waals surface area (Å²) in [6, 6.07) is 9.50. The number of pyridine rings is 1. The molecule has 1 N–H and O–H groups in total. The second-order valence-electron chi connectivity index (χ2n) is 3.47. The molecule has 0 aliphatic rings. The third-order valence-corrected chi connectivity index (χ3v) is 2.27. The largest absolute Gasteiger partial charge is 0.495 e. The van der Waals surface area contributed by atoms with Crippen LogP contribution in [-0.4, -0.2) is 23.2 Å². The van der Waals surface area contributed by atoms with Gasteiger partial charge in [0.1, 0.15) is 11.5 Å². The average Bonchev–Trinajstić information content (AvgIpc) is 2.40. The number of carboxylic acid groups (broad SMARTS) is 1. The van der Waals surface area contributed by atoms with Gasteiger partial charge in [0.25, 0.3) is 0 Å². The van der Waals surface area contributed by atoms with E-state index in [2.05, 4.69) is 4.98 Å². The molecule has 0 atom stereocenters. The lowest BCUT2D eigenvalue weighted by Gasteiger charge is -2.05. The van der Waals surface area contributed by atoms with E-state index in [1.807, 2.05) is 0 Å². The summed E-state index contributed by atoms with van der Waals surface area (Å²) in [4.78, 5) is 14.7. The number of hydrogen-bond donors (Lipinski definition) is 1. The van der Waals surface area contributed by atoms with Crippen molar-refractivity contribution < 1.29 is 19.4 Å². The average molecular weight is 245 g/mol. The molecule has 0 amide bonds. The van der Waals surface area contributed by atoms with Gasteiger partial charge in [-0.3, -0.25) is 0 Å². The van der Waals surface area contributed by atoms with Crippen molar-refractivity contribution in [2.24, 2.45) is 0 Å². The van der Waals surface area contributed by atoms with Crippen LogP contribution < -0.4 is 9.47 Å². The van der Waals surface area contributed by atoms with Crippen LogP contribution in [-0.2, 0) is 0 Å². The van der Waals surface area contributed by atoms with E-state index in [-0.39, 0.29) is 5.56 Å². The quantitative estimate of drug-likeness (QED) is 0.896. The molecule has 0 aliphatic carbocycles. The van der Waals surface area contributed by atoms with E-state index >= 15 is 0 Å². The molecule has 0 spiro atoms. The normalized spacial score (nSPS) is 9.83. The van der Waals surface area contributed by atoms with Crippen LogP contribution in [0.25, 0.3) is 0 Å². The highest BCUT2D eigenvalue weighted by Crippen LogP contribution is 2.21. The fourth-order valence-electron chi connectivity index (χ4n) is 1.33. The van der Waals surface area contributed by atoms with Crippen molar-refractivity contribution in [2.75, 3.05) is 7.11 Å². The Hall–Kier alpha value is -2.56. The van der Waals surface area contributed by atoms with Gasteiger partial charge in [0.2, 0.25) is 5.88 Å². The molecule has 0 fully saturated rings. The molecule has 1 heterocycles. The Kier molecular flexibility index (Phi) is 3.43. The van der Waals surface area contributed by atoms with Gasteiger partial charge in [-0.15, -0.1) is 0 Å². The number of ether oxygens (including phenoxy) is 2. The number of hydrogen-bond acceptors (Lipinski definition) is 4. The Morgan fingerprint density at radius 2 is 1.78 bits per heavy atom. The number of rotatable bonds is 4. The van der Waals surface area contributed by atoms with Gasteiger partial charge in [0, 0.05) is 6.07 Å². The number of nitrogens with zero attached hydrogens (tertiary/aromatic N) is 1. The minimum atomic E-state index is -0.968. The summed E-state index contributed by atoms with van der Waals surface area (Å²) >= 11 is 0. The van der Waals surface area contributed by atoms with Crippen molar-refractivity contribution in [1.29, 1.82) is 0 Å². The predicted molar refractivity (Wildman–Crippen MR) is 64.3 cm³/mol. The maximum Gasteiger partial charge on any atom is 0.335 e. The van der Waals surface area contributed by atoms with Crippen molar-refractivity contribution >= 4 is 5.97 Å². The molecule has 2 rings (SSSR count). The zero-order valence-corrected chi connectivity index (χ0v) is 9.66. The van der Waals surface area contributed by atoms with Crippen LogP contribution in [0.15, 0.2) is 42.6 Å². The topological polar surface area (TPSA) is 68.7 Å². The summed E-state index contributed by atoms with van der Waals surface area (Å²) in [6.45, 7) is 0. The van der Waals surface area contributed by atoms with E-state index in [1.165, 1.54) is 12.1 Å². The Labute approximate surface area is 104 Å². The number of benzene rings is 1. The van der Waals surface area contributed by atoms with Gasteiger partial charge in [-0.25, -0.2) is 9.78 Å². The van der Waals surface area contributed by atoms with E-state index < -0.39 is 5.97 Å². The van der Waals surface area contributed by atoms with E-state index in [4.69, 9.17) is 14.6 Å². The maximum atomic E-state index is 10.7. The van der Waals surface area contributed by atoms with Gasteiger partial charge in [0.05, 0.1) is 18.9 Å². The Balaban J connectivity index is 2.10. The van der Waals surface area contributed by atoms with Crippen molar-refractivity contribution in [3.8, 4) is 17.4 Å². The van der Waals surface area contributed by atoms with Gasteiger partial charge in [-0.2, -0.15) is 0 Å². The molecule has 92 valence electrons. The van der Waals surface area contributed by atoms with Gasteiger partial charge in [0.15, 0.2) is 0 Å². The smallest absolute Gasteiger partial charge is 0.335 e. The molecule has 5 nitrogen and oxygen atoms in total. The highest BCUT2D eigenvalue weighted by Gasteiger charge is 2.03. The van der Waals surface area contributed by atoms with Crippen LogP contribution in [0, 0.1) is 0 Å². The molecule has 18 heavy (non-hydrogen) atoms. The molecule has 5 heteroatoms. The van der Waals surface area contributed by atoms with Crippen LogP contribution in [0.1, 0.15) is 10.4 Å². The molecule has 0 radical (unpaired) electrons. The molecule has 1 aromatic carbocycles. The van der Waals surface area contributed by atoms with E-state index in [1.54, 1.807) is 37.6 Å². The molecule has 0 aliphatic heterocycles. The Bertz CT molecular complexity index is 534. The minimum absolute atomic E-state index is 0.213. The molecule has 1 aromatic heterocycles. The monoisotopic (exact) mass is 245 g/mol. The summed E-state index contributed by atoms with van der Waals surface area (Å²) in [6.07, 6.45) is 1.54. The van der Waals surface area contributed by atoms with Crippen LogP contribution in [0.4, 0.5) is 0 Å². The summed E-state index contributed by atoms with van der Waals surface area (Å²) in [7, 11) is 1.56. The third-order valence-electron chi connectivity index (χ3n) is 2.27. The first kappa shape index (κ1) is 11.9. The zero-order valence-electron chi connectivity index (χ0n) is 9.66. The van der Waals surface area contributed by atoms with Crippen molar-refractivity contribution in [3.05, 3.63) is 48.2 Å². The summed E-state index contributed by atoms with van der Waals surface area (Å²) < 4.78 is 10.4. The highest BCUT2D eigenvalue weighted by atomic mass is 16.5. The lowest BCUT2D eigenvalue weighted by atomic mass is 10.2. The summed E-state index contributed by atoms with van der Waals surface area (Å²) in [5.74, 6) is 0.615. The molecule has 0 bridgehead atoms. The number of methoxy groups -OCH3 is 1. The third kappa shape index (κ3) is 2.76. The van der Waals surface area contributed by atoms with Crippen molar-refractivity contribution in [2.45, 2.75) is 0 Å². The highest BCUT2D eigenvalue weighted by molar-refractivity contribution is 5.87. The van der Waals surface area contributed by atoms with Crippen LogP contribution in [0.3, 0.4) is 0 Å². The second-order valence-corrected chi connectivity index (χ2v) is 3.47. The zero-order chi connectivity index (χ0) is 13.0. The Morgan fingerprint density at radius 1 is 1.11 bits per heavy atom. The Morgan fingerprint density at radius 3 is 2.28 bits per heavy atom. The molecular formula is C13H11NO4. The first-order valence-electron chi connectivity index (χ1n) is 5.20. The maximum absolute atomic E-state index is 10.7. The minimum Gasteiger partial charge on any atom is -0.495 e. The molecule has 0 saturated carbocycles. The SMILES string of the molecule is COc1ccc(Oc2ccc(C(=O)O)cc2)nc1. The van der Waals surface area contributed by atoms with Crippen LogP contribution in [0.5, 0.6) is 17.4 Å². The molecular weight excluding hydrogens is 234 g/mol. The number of aromatic carboxylic acids is 1. The van der Waals surface area contributed by atoms with Gasteiger partial charge in [-0.1, -0.05) is 0 Å². The lowest BCUT2D eigenvalue weighted by Crippen LogP contribution is -1.95. The second kappa shape index (κ2) is 5.18. The lowest BCUT2D eigenvalue weighted by molar-refractivity contribution is 0.0697. The van der Waals surface area contributed by atoms with E-state index in [0.29, 0.717) is 17.4 Å². The van der Waals surface area contributed by atoms with Gasteiger partial charge in [-0.05, 0) is 30.3 Å². The first-order chi connectivity index (χ1) is 8.69. The first-order valence-corrected chi connectivity index (χ1v) is 5.20. The number of carboxylic acids is 1. The number of aromatic nitrogens is 1. The van der Waals surface area contributed by atoms with Crippen LogP contribution >= 0.6 is 0 Å². The standard InChI is InChI=1S/C13H11NO4/c1-17-11-6-7-12(14-8-11)18-10-4-2-9(3-5-10)13(15)16/h2-8H,1H3,(H,15,16).